The summed E-state index contributed by atoms with van der Waals surface area (Å²) in [6.45, 7) is 5.76. The number of nitrogens with one attached hydrogen (secondary N) is 1. The summed E-state index contributed by atoms with van der Waals surface area (Å²) < 4.78 is 7.89. The Balaban J connectivity index is 1.44. The van der Waals surface area contributed by atoms with Crippen molar-refractivity contribution in [3.8, 4) is 0 Å². The number of rotatable bonds is 3. The van der Waals surface area contributed by atoms with Gasteiger partial charge in [0.25, 0.3) is 0 Å². The summed E-state index contributed by atoms with van der Waals surface area (Å²) in [6, 6.07) is 0.641. The van der Waals surface area contributed by atoms with Crippen LogP contribution in [0.15, 0.2) is 12.4 Å². The number of hydrogen-bond donors (Lipinski definition) is 1. The molecule has 1 N–H and O–H groups in total. The number of nitrogens with zero attached hydrogens (tertiary/aromatic N) is 5. The van der Waals surface area contributed by atoms with Crippen LogP contribution in [0.1, 0.15) is 18.7 Å². The molecule has 2 aliphatic rings. The highest BCUT2D eigenvalue weighted by Gasteiger charge is 2.32. The van der Waals surface area contributed by atoms with E-state index >= 15 is 0 Å². The fraction of sp³-hybridized carbons (Fsp3) is 0.643. The van der Waals surface area contributed by atoms with Gasteiger partial charge < -0.3 is 10.1 Å². The molecule has 0 saturated carbocycles. The quantitative estimate of drug-likeness (QED) is 0.897. The van der Waals surface area contributed by atoms with Gasteiger partial charge in [-0.05, 0) is 26.3 Å². The second-order valence-electron chi connectivity index (χ2n) is 5.84. The predicted octanol–water partition coefficient (Wildman–Crippen LogP) is 0.708. The summed E-state index contributed by atoms with van der Waals surface area (Å²) in [7, 11) is 0. The molecular formula is C14H20N6O. The van der Waals surface area contributed by atoms with E-state index in [4.69, 9.17) is 4.74 Å². The fourth-order valence-electron chi connectivity index (χ4n) is 3.29. The second kappa shape index (κ2) is 5.23. The minimum absolute atomic E-state index is 0.213. The lowest BCUT2D eigenvalue weighted by Gasteiger charge is -2.35. The molecule has 4 heterocycles. The van der Waals surface area contributed by atoms with Crippen molar-refractivity contribution in [3.05, 3.63) is 18.2 Å². The number of aryl methyl sites for hydroxylation is 1. The Labute approximate surface area is 123 Å². The maximum absolute atomic E-state index is 5.96. The zero-order chi connectivity index (χ0) is 14.2. The summed E-state index contributed by atoms with van der Waals surface area (Å²) in [6.07, 6.45) is 6.44. The van der Waals surface area contributed by atoms with E-state index in [1.165, 1.54) is 19.4 Å². The van der Waals surface area contributed by atoms with E-state index in [2.05, 4.69) is 25.4 Å². The molecular weight excluding hydrogens is 268 g/mol. The SMILES string of the molecule is Cc1nnc2c(NCC3CN4CCCC4CO3)nccn12. The van der Waals surface area contributed by atoms with Crippen LogP contribution < -0.4 is 5.32 Å². The first-order valence-electron chi connectivity index (χ1n) is 7.57. The molecule has 2 saturated heterocycles. The number of anilines is 1. The van der Waals surface area contributed by atoms with Gasteiger partial charge in [0.05, 0.1) is 12.7 Å². The molecule has 21 heavy (non-hydrogen) atoms. The molecule has 2 aromatic rings. The van der Waals surface area contributed by atoms with E-state index in [9.17, 15) is 0 Å². The number of aromatic nitrogens is 4. The molecule has 7 heteroatoms. The molecule has 0 bridgehead atoms. The first kappa shape index (κ1) is 13.0. The molecule has 4 rings (SSSR count). The van der Waals surface area contributed by atoms with Crippen LogP contribution in [-0.2, 0) is 4.74 Å². The lowest BCUT2D eigenvalue weighted by atomic mass is 10.2. The second-order valence-corrected chi connectivity index (χ2v) is 5.84. The maximum atomic E-state index is 5.96. The monoisotopic (exact) mass is 288 g/mol. The summed E-state index contributed by atoms with van der Waals surface area (Å²) in [5.41, 5.74) is 0.768. The smallest absolute Gasteiger partial charge is 0.203 e. The van der Waals surface area contributed by atoms with Crippen molar-refractivity contribution in [2.24, 2.45) is 0 Å². The molecule has 112 valence electrons. The van der Waals surface area contributed by atoms with Crippen LogP contribution in [0, 0.1) is 6.92 Å². The third-order valence-corrected chi connectivity index (χ3v) is 4.46. The first-order chi connectivity index (χ1) is 10.3. The van der Waals surface area contributed by atoms with Gasteiger partial charge in [-0.1, -0.05) is 0 Å². The van der Waals surface area contributed by atoms with Crippen molar-refractivity contribution in [1.29, 1.82) is 0 Å². The summed E-state index contributed by atoms with van der Waals surface area (Å²) in [4.78, 5) is 6.91. The van der Waals surface area contributed by atoms with Crippen molar-refractivity contribution >= 4 is 11.5 Å². The number of ether oxygens (including phenoxy) is 1. The minimum atomic E-state index is 0.213. The van der Waals surface area contributed by atoms with Gasteiger partial charge in [-0.2, -0.15) is 0 Å². The summed E-state index contributed by atoms with van der Waals surface area (Å²) in [5, 5.41) is 11.6. The van der Waals surface area contributed by atoms with Crippen molar-refractivity contribution in [2.45, 2.75) is 31.9 Å². The van der Waals surface area contributed by atoms with Crippen molar-refractivity contribution in [3.63, 3.8) is 0 Å². The summed E-state index contributed by atoms with van der Waals surface area (Å²) >= 11 is 0. The molecule has 2 aromatic heterocycles. The Bertz CT molecular complexity index is 641. The molecule has 0 aliphatic carbocycles. The number of hydrogen-bond acceptors (Lipinski definition) is 6. The van der Waals surface area contributed by atoms with Crippen LogP contribution in [0.4, 0.5) is 5.82 Å². The van der Waals surface area contributed by atoms with Crippen LogP contribution in [0.25, 0.3) is 5.65 Å². The predicted molar refractivity (Wildman–Crippen MR) is 78.3 cm³/mol. The van der Waals surface area contributed by atoms with Crippen molar-refractivity contribution < 1.29 is 4.74 Å². The fourth-order valence-corrected chi connectivity index (χ4v) is 3.29. The average Bonchev–Trinajstić information content (AvgIpc) is 3.12. The molecule has 2 aliphatic heterocycles. The lowest BCUT2D eigenvalue weighted by molar-refractivity contribution is -0.0415. The molecule has 0 radical (unpaired) electrons. The third kappa shape index (κ3) is 2.36. The van der Waals surface area contributed by atoms with Gasteiger partial charge in [0.2, 0.25) is 5.65 Å². The van der Waals surface area contributed by atoms with Crippen LogP contribution in [-0.4, -0.2) is 62.9 Å². The van der Waals surface area contributed by atoms with Gasteiger partial charge in [-0.25, -0.2) is 4.98 Å². The molecule has 7 nitrogen and oxygen atoms in total. The van der Waals surface area contributed by atoms with E-state index in [-0.39, 0.29) is 6.10 Å². The third-order valence-electron chi connectivity index (χ3n) is 4.46. The van der Waals surface area contributed by atoms with E-state index in [1.807, 2.05) is 17.5 Å². The summed E-state index contributed by atoms with van der Waals surface area (Å²) in [5.74, 6) is 1.63. The van der Waals surface area contributed by atoms with Gasteiger partial charge in [-0.3, -0.25) is 9.30 Å². The Morgan fingerprint density at radius 1 is 1.43 bits per heavy atom. The number of morpholine rings is 1. The molecule has 0 amide bonds. The van der Waals surface area contributed by atoms with Crippen molar-refractivity contribution in [1.82, 2.24) is 24.5 Å². The van der Waals surface area contributed by atoms with Crippen LogP contribution in [0.3, 0.4) is 0 Å². The van der Waals surface area contributed by atoms with Gasteiger partial charge in [0, 0.05) is 31.5 Å². The Morgan fingerprint density at radius 3 is 3.33 bits per heavy atom. The normalized spacial score (nSPS) is 26.1. The van der Waals surface area contributed by atoms with Crippen LogP contribution >= 0.6 is 0 Å². The van der Waals surface area contributed by atoms with Gasteiger partial charge >= 0.3 is 0 Å². The molecule has 2 atom stereocenters. The van der Waals surface area contributed by atoms with E-state index < -0.39 is 0 Å². The molecule has 2 unspecified atom stereocenters. The number of fused-ring (bicyclic) bond motifs is 2. The standard InChI is InChI=1S/C14H20N6O/c1-10-17-18-14-13(15-4-6-20(10)14)16-7-12-8-19-5-2-3-11(19)9-21-12/h4,6,11-12H,2-3,5,7-9H2,1H3,(H,15,16). The Hall–Kier alpha value is -1.73. The minimum Gasteiger partial charge on any atom is -0.373 e. The van der Waals surface area contributed by atoms with Crippen LogP contribution in [0.5, 0.6) is 0 Å². The van der Waals surface area contributed by atoms with Gasteiger partial charge in [0.15, 0.2) is 5.82 Å². The van der Waals surface area contributed by atoms with E-state index in [0.717, 1.165) is 37.0 Å². The zero-order valence-electron chi connectivity index (χ0n) is 12.2. The van der Waals surface area contributed by atoms with Gasteiger partial charge in [-0.15, -0.1) is 10.2 Å². The zero-order valence-corrected chi connectivity index (χ0v) is 12.2. The van der Waals surface area contributed by atoms with E-state index in [0.29, 0.717) is 6.04 Å². The Morgan fingerprint density at radius 2 is 2.38 bits per heavy atom. The molecule has 2 fully saturated rings. The lowest BCUT2D eigenvalue weighted by Crippen LogP contribution is -2.48. The Kier molecular flexibility index (Phi) is 3.23. The van der Waals surface area contributed by atoms with E-state index in [1.54, 1.807) is 6.20 Å². The molecule has 0 aromatic carbocycles. The highest BCUT2D eigenvalue weighted by molar-refractivity contribution is 5.61. The topological polar surface area (TPSA) is 67.6 Å². The van der Waals surface area contributed by atoms with Gasteiger partial charge in [0.1, 0.15) is 5.82 Å². The largest absolute Gasteiger partial charge is 0.373 e. The highest BCUT2D eigenvalue weighted by Crippen LogP contribution is 2.23. The highest BCUT2D eigenvalue weighted by atomic mass is 16.5. The van der Waals surface area contributed by atoms with Crippen LogP contribution in [0.2, 0.25) is 0 Å². The maximum Gasteiger partial charge on any atom is 0.203 e. The average molecular weight is 288 g/mol. The first-order valence-corrected chi connectivity index (χ1v) is 7.57. The molecule has 0 spiro atoms. The van der Waals surface area contributed by atoms with Crippen molar-refractivity contribution in [2.75, 3.05) is 31.6 Å².